The summed E-state index contributed by atoms with van der Waals surface area (Å²) >= 11 is 3.40. The van der Waals surface area contributed by atoms with Crippen molar-refractivity contribution in [1.82, 2.24) is 0 Å². The van der Waals surface area contributed by atoms with Crippen molar-refractivity contribution in [2.45, 2.75) is 53.1 Å². The van der Waals surface area contributed by atoms with E-state index < -0.39 is 47.5 Å². The van der Waals surface area contributed by atoms with Crippen molar-refractivity contribution in [3.63, 3.8) is 0 Å². The van der Waals surface area contributed by atoms with E-state index in [2.05, 4.69) is 15.9 Å². The monoisotopic (exact) mass is 546 g/mol. The van der Waals surface area contributed by atoms with E-state index in [-0.39, 0.29) is 18.8 Å². The quantitative estimate of drug-likeness (QED) is 0.167. The number of rotatable bonds is 10. The van der Waals surface area contributed by atoms with Gasteiger partial charge in [0.25, 0.3) is 0 Å². The first-order valence-corrected chi connectivity index (χ1v) is 12.2. The van der Waals surface area contributed by atoms with Gasteiger partial charge in [0.05, 0.1) is 19.6 Å². The van der Waals surface area contributed by atoms with Crippen molar-refractivity contribution < 1.29 is 33.4 Å². The summed E-state index contributed by atoms with van der Waals surface area (Å²) in [7, 11) is 0. The molecular formula is C27H31BrO7. The number of hydrogen-bond acceptors (Lipinski definition) is 7. The van der Waals surface area contributed by atoms with Gasteiger partial charge in [-0.25, -0.2) is 0 Å². The van der Waals surface area contributed by atoms with Crippen LogP contribution < -0.4 is 0 Å². The van der Waals surface area contributed by atoms with Crippen molar-refractivity contribution in [3.05, 3.63) is 58.6 Å². The molecule has 0 bridgehead atoms. The SMILES string of the molecule is CCOC(=O)C(CC(=O)OC(C)(C)C)(CC(=O)c1ccc(-c2ccc(Br)cc2)cc1)C(=O)OCC. The molecule has 0 fully saturated rings. The Balaban J connectivity index is 2.40. The van der Waals surface area contributed by atoms with Crippen molar-refractivity contribution in [2.75, 3.05) is 13.2 Å². The van der Waals surface area contributed by atoms with Crippen LogP contribution in [0, 0.1) is 5.41 Å². The van der Waals surface area contributed by atoms with Gasteiger partial charge in [-0.05, 0) is 57.9 Å². The highest BCUT2D eigenvalue weighted by molar-refractivity contribution is 9.10. The summed E-state index contributed by atoms with van der Waals surface area (Å²) in [6.45, 7) is 8.07. The Morgan fingerprint density at radius 1 is 0.743 bits per heavy atom. The molecule has 2 aromatic carbocycles. The zero-order chi connectivity index (χ0) is 26.2. The number of ether oxygens (including phenoxy) is 3. The van der Waals surface area contributed by atoms with Crippen molar-refractivity contribution in [3.8, 4) is 11.1 Å². The minimum atomic E-state index is -2.16. The van der Waals surface area contributed by atoms with Gasteiger partial charge in [0.1, 0.15) is 5.60 Å². The van der Waals surface area contributed by atoms with Gasteiger partial charge in [0.15, 0.2) is 11.2 Å². The smallest absolute Gasteiger partial charge is 0.324 e. The lowest BCUT2D eigenvalue weighted by Crippen LogP contribution is -2.46. The fourth-order valence-corrected chi connectivity index (χ4v) is 3.73. The molecule has 0 radical (unpaired) electrons. The predicted octanol–water partition coefficient (Wildman–Crippen LogP) is 5.53. The maximum atomic E-state index is 13.3. The molecule has 0 atom stereocenters. The molecule has 0 amide bonds. The van der Waals surface area contributed by atoms with Crippen LogP contribution in [-0.2, 0) is 28.6 Å². The fourth-order valence-electron chi connectivity index (χ4n) is 3.46. The number of carbonyl (C=O) groups excluding carboxylic acids is 4. The number of esters is 3. The molecule has 188 valence electrons. The van der Waals surface area contributed by atoms with Crippen molar-refractivity contribution in [2.24, 2.45) is 5.41 Å². The van der Waals surface area contributed by atoms with Crippen LogP contribution in [0.5, 0.6) is 0 Å². The highest BCUT2D eigenvalue weighted by atomic mass is 79.9. The molecule has 0 spiro atoms. The first-order valence-electron chi connectivity index (χ1n) is 11.4. The van der Waals surface area contributed by atoms with E-state index in [0.717, 1.165) is 15.6 Å². The molecule has 0 aliphatic rings. The summed E-state index contributed by atoms with van der Waals surface area (Å²) in [5.41, 5.74) is -0.864. The van der Waals surface area contributed by atoms with Crippen LogP contribution >= 0.6 is 15.9 Å². The Morgan fingerprint density at radius 2 is 1.20 bits per heavy atom. The first-order chi connectivity index (χ1) is 16.4. The second-order valence-corrected chi connectivity index (χ2v) is 9.89. The summed E-state index contributed by atoms with van der Waals surface area (Å²) in [6, 6.07) is 14.5. The Hall–Kier alpha value is -3.00. The number of Topliss-reactive ketones (excluding diaryl/α,β-unsaturated/α-hetero) is 1. The van der Waals surface area contributed by atoms with E-state index in [1.165, 1.54) is 0 Å². The number of ketones is 1. The molecule has 0 heterocycles. The first kappa shape index (κ1) is 28.2. The van der Waals surface area contributed by atoms with Gasteiger partial charge in [-0.3, -0.25) is 19.2 Å². The molecule has 0 N–H and O–H groups in total. The van der Waals surface area contributed by atoms with Gasteiger partial charge < -0.3 is 14.2 Å². The van der Waals surface area contributed by atoms with E-state index in [0.29, 0.717) is 0 Å². The standard InChI is InChI=1S/C27H31BrO7/c1-6-33-24(31)27(25(32)34-7-2,17-23(30)35-26(3,4)5)16-22(29)20-10-8-18(9-11-20)19-12-14-21(28)15-13-19/h8-15H,6-7,16-17H2,1-5H3. The highest BCUT2D eigenvalue weighted by Gasteiger charge is 2.53. The molecule has 0 saturated carbocycles. The molecule has 2 rings (SSSR count). The average molecular weight is 547 g/mol. The summed E-state index contributed by atoms with van der Waals surface area (Å²) < 4.78 is 16.5. The van der Waals surface area contributed by atoms with Crippen molar-refractivity contribution >= 4 is 39.6 Å². The Kier molecular flexibility index (Phi) is 9.77. The van der Waals surface area contributed by atoms with Crippen LogP contribution in [0.25, 0.3) is 11.1 Å². The topological polar surface area (TPSA) is 96.0 Å². The lowest BCUT2D eigenvalue weighted by atomic mass is 9.78. The maximum Gasteiger partial charge on any atom is 0.324 e. The van der Waals surface area contributed by atoms with Gasteiger partial charge in [0, 0.05) is 16.5 Å². The van der Waals surface area contributed by atoms with E-state index in [9.17, 15) is 19.2 Å². The third-order valence-electron chi connectivity index (χ3n) is 5.05. The third kappa shape index (κ3) is 7.75. The Morgan fingerprint density at radius 3 is 1.63 bits per heavy atom. The van der Waals surface area contributed by atoms with Crippen LogP contribution in [0.2, 0.25) is 0 Å². The molecule has 2 aromatic rings. The van der Waals surface area contributed by atoms with Gasteiger partial charge >= 0.3 is 17.9 Å². The zero-order valence-corrected chi connectivity index (χ0v) is 22.3. The molecule has 35 heavy (non-hydrogen) atoms. The Bertz CT molecular complexity index is 1030. The summed E-state index contributed by atoms with van der Waals surface area (Å²) in [5.74, 6) is -3.30. The molecule has 0 aliphatic heterocycles. The zero-order valence-electron chi connectivity index (χ0n) is 20.7. The molecule has 8 heteroatoms. The Labute approximate surface area is 214 Å². The van der Waals surface area contributed by atoms with Gasteiger partial charge in [-0.2, -0.15) is 0 Å². The van der Waals surface area contributed by atoms with E-state index in [4.69, 9.17) is 14.2 Å². The molecule has 7 nitrogen and oxygen atoms in total. The number of benzene rings is 2. The third-order valence-corrected chi connectivity index (χ3v) is 5.57. The average Bonchev–Trinajstić information content (AvgIpc) is 2.78. The predicted molar refractivity (Wildman–Crippen MR) is 135 cm³/mol. The summed E-state index contributed by atoms with van der Waals surface area (Å²) in [6.07, 6.45) is -1.27. The minimum Gasteiger partial charge on any atom is -0.465 e. The second-order valence-electron chi connectivity index (χ2n) is 8.97. The van der Waals surface area contributed by atoms with Gasteiger partial charge in [0.2, 0.25) is 0 Å². The van der Waals surface area contributed by atoms with Gasteiger partial charge in [-0.1, -0.05) is 52.3 Å². The molecular weight excluding hydrogens is 516 g/mol. The number of carbonyl (C=O) groups is 4. The molecule has 0 aliphatic carbocycles. The number of hydrogen-bond donors (Lipinski definition) is 0. The molecule has 0 unspecified atom stereocenters. The van der Waals surface area contributed by atoms with E-state index in [1.807, 2.05) is 24.3 Å². The summed E-state index contributed by atoms with van der Waals surface area (Å²) in [4.78, 5) is 52.0. The second kappa shape index (κ2) is 12.1. The normalized spacial score (nSPS) is 11.5. The van der Waals surface area contributed by atoms with Crippen LogP contribution in [0.15, 0.2) is 53.0 Å². The maximum absolute atomic E-state index is 13.3. The fraction of sp³-hybridized carbons (Fsp3) is 0.407. The lowest BCUT2D eigenvalue weighted by Gasteiger charge is -2.29. The highest BCUT2D eigenvalue weighted by Crippen LogP contribution is 2.34. The van der Waals surface area contributed by atoms with Crippen LogP contribution in [-0.4, -0.2) is 42.5 Å². The molecule has 0 saturated heterocycles. The van der Waals surface area contributed by atoms with Crippen molar-refractivity contribution in [1.29, 1.82) is 0 Å². The van der Waals surface area contributed by atoms with Crippen LogP contribution in [0.4, 0.5) is 0 Å². The molecule has 0 aromatic heterocycles. The van der Waals surface area contributed by atoms with E-state index >= 15 is 0 Å². The van der Waals surface area contributed by atoms with E-state index in [1.54, 1.807) is 58.9 Å². The largest absolute Gasteiger partial charge is 0.465 e. The minimum absolute atomic E-state index is 0.0373. The van der Waals surface area contributed by atoms with Crippen LogP contribution in [0.1, 0.15) is 57.8 Å². The summed E-state index contributed by atoms with van der Waals surface area (Å²) in [5, 5.41) is 0. The van der Waals surface area contributed by atoms with Crippen LogP contribution in [0.3, 0.4) is 0 Å². The lowest BCUT2D eigenvalue weighted by molar-refractivity contribution is -0.179. The number of halogens is 1. The van der Waals surface area contributed by atoms with Gasteiger partial charge in [-0.15, -0.1) is 0 Å².